The number of hydrogen-bond acceptors (Lipinski definition) is 4. The van der Waals surface area contributed by atoms with Crippen LogP contribution in [0.5, 0.6) is 11.5 Å². The molecule has 0 saturated carbocycles. The van der Waals surface area contributed by atoms with Crippen molar-refractivity contribution >= 4 is 16.8 Å². The second kappa shape index (κ2) is 8.92. The Morgan fingerprint density at radius 2 is 1.84 bits per heavy atom. The molecule has 0 saturated heterocycles. The number of carbonyl (C=O) groups is 1. The molecule has 0 aliphatic carbocycles. The van der Waals surface area contributed by atoms with Gasteiger partial charge in [0.25, 0.3) is 5.91 Å². The molecular weight excluding hydrogens is 390 g/mol. The number of amides is 1. The molecule has 158 valence electrons. The molecule has 1 amide bonds. The third kappa shape index (κ3) is 4.38. The van der Waals surface area contributed by atoms with Crippen LogP contribution in [0.3, 0.4) is 0 Å². The van der Waals surface area contributed by atoms with Gasteiger partial charge in [0.1, 0.15) is 0 Å². The van der Waals surface area contributed by atoms with Crippen LogP contribution in [0.4, 0.5) is 0 Å². The first-order valence-electron chi connectivity index (χ1n) is 10.1. The van der Waals surface area contributed by atoms with Gasteiger partial charge >= 0.3 is 0 Å². The van der Waals surface area contributed by atoms with E-state index in [-0.39, 0.29) is 5.91 Å². The molecule has 4 rings (SSSR count). The lowest BCUT2D eigenvalue weighted by Gasteiger charge is -2.13. The Balaban J connectivity index is 1.53. The fraction of sp³-hybridized carbons (Fsp3) is 0.200. The monoisotopic (exact) mass is 415 g/mol. The minimum Gasteiger partial charge on any atom is -0.493 e. The van der Waals surface area contributed by atoms with E-state index in [0.29, 0.717) is 30.2 Å². The van der Waals surface area contributed by atoms with Crippen molar-refractivity contribution in [1.29, 1.82) is 0 Å². The first-order valence-corrected chi connectivity index (χ1v) is 10.1. The maximum Gasteiger partial charge on any atom is 0.251 e. The van der Waals surface area contributed by atoms with Crippen molar-refractivity contribution in [2.24, 2.45) is 0 Å². The summed E-state index contributed by atoms with van der Waals surface area (Å²) in [6, 6.07) is 19.6. The second-order valence-electron chi connectivity index (χ2n) is 7.40. The number of para-hydroxylation sites is 1. The van der Waals surface area contributed by atoms with Crippen LogP contribution < -0.4 is 14.8 Å². The zero-order chi connectivity index (χ0) is 21.8. The summed E-state index contributed by atoms with van der Waals surface area (Å²) in [5.41, 5.74) is 4.74. The highest BCUT2D eigenvalue weighted by molar-refractivity contribution is 5.97. The molecule has 0 fully saturated rings. The number of ether oxygens (including phenoxy) is 2. The van der Waals surface area contributed by atoms with Crippen LogP contribution in [0, 0.1) is 6.92 Å². The van der Waals surface area contributed by atoms with E-state index in [9.17, 15) is 4.79 Å². The fourth-order valence-corrected chi connectivity index (χ4v) is 3.57. The van der Waals surface area contributed by atoms with Gasteiger partial charge in [-0.1, -0.05) is 48.0 Å². The fourth-order valence-electron chi connectivity index (χ4n) is 3.57. The van der Waals surface area contributed by atoms with E-state index in [2.05, 4.69) is 41.6 Å². The van der Waals surface area contributed by atoms with E-state index in [1.165, 1.54) is 5.56 Å². The smallest absolute Gasteiger partial charge is 0.251 e. The predicted octanol–water partition coefficient (Wildman–Crippen LogP) is 4.34. The summed E-state index contributed by atoms with van der Waals surface area (Å²) in [6.07, 6.45) is 1.83. The standard InChI is InChI=1S/C25H25N3O3/c1-17-7-9-18(10-8-17)16-28-22-13-19(11-12-20(22)15-27-28)25(29)26-14-21-5-4-6-23(30-2)24(21)31-3/h4-13,15H,14,16H2,1-3H3,(H,26,29). The number of carbonyl (C=O) groups excluding carboxylic acids is 1. The highest BCUT2D eigenvalue weighted by atomic mass is 16.5. The Labute approximate surface area is 181 Å². The van der Waals surface area contributed by atoms with Crippen molar-refractivity contribution < 1.29 is 14.3 Å². The van der Waals surface area contributed by atoms with E-state index in [4.69, 9.17) is 9.47 Å². The molecule has 0 unspecified atom stereocenters. The van der Waals surface area contributed by atoms with Gasteiger partial charge in [-0.2, -0.15) is 5.10 Å². The van der Waals surface area contributed by atoms with Gasteiger partial charge in [-0.15, -0.1) is 0 Å². The average molecular weight is 415 g/mol. The topological polar surface area (TPSA) is 65.4 Å². The van der Waals surface area contributed by atoms with Crippen LogP contribution in [-0.2, 0) is 13.1 Å². The summed E-state index contributed by atoms with van der Waals surface area (Å²) in [4.78, 5) is 12.8. The molecule has 0 spiro atoms. The number of nitrogens with zero attached hydrogens (tertiary/aromatic N) is 2. The lowest BCUT2D eigenvalue weighted by molar-refractivity contribution is 0.0950. The van der Waals surface area contributed by atoms with E-state index in [1.807, 2.05) is 47.3 Å². The highest BCUT2D eigenvalue weighted by Gasteiger charge is 2.13. The van der Waals surface area contributed by atoms with Crippen molar-refractivity contribution in [1.82, 2.24) is 15.1 Å². The molecule has 3 aromatic carbocycles. The minimum atomic E-state index is -0.158. The number of fused-ring (bicyclic) bond motifs is 1. The zero-order valence-electron chi connectivity index (χ0n) is 17.9. The third-order valence-corrected chi connectivity index (χ3v) is 5.28. The number of rotatable bonds is 7. The Bertz CT molecular complexity index is 1210. The number of nitrogens with one attached hydrogen (secondary N) is 1. The number of aromatic nitrogens is 2. The number of hydrogen-bond donors (Lipinski definition) is 1. The van der Waals surface area contributed by atoms with Gasteiger partial charge in [0.15, 0.2) is 11.5 Å². The molecule has 31 heavy (non-hydrogen) atoms. The van der Waals surface area contributed by atoms with E-state index >= 15 is 0 Å². The molecular formula is C25H25N3O3. The maximum absolute atomic E-state index is 12.8. The lowest BCUT2D eigenvalue weighted by atomic mass is 10.1. The highest BCUT2D eigenvalue weighted by Crippen LogP contribution is 2.30. The summed E-state index contributed by atoms with van der Waals surface area (Å²) in [5.74, 6) is 1.10. The van der Waals surface area contributed by atoms with Crippen molar-refractivity contribution in [3.63, 3.8) is 0 Å². The molecule has 1 heterocycles. The largest absolute Gasteiger partial charge is 0.493 e. The van der Waals surface area contributed by atoms with Gasteiger partial charge in [0.05, 0.1) is 32.5 Å². The first kappa shape index (κ1) is 20.5. The average Bonchev–Trinajstić information content (AvgIpc) is 3.20. The normalized spacial score (nSPS) is 10.8. The summed E-state index contributed by atoms with van der Waals surface area (Å²) < 4.78 is 12.7. The maximum atomic E-state index is 12.8. The minimum absolute atomic E-state index is 0.158. The van der Waals surface area contributed by atoms with Gasteiger partial charge in [-0.3, -0.25) is 9.48 Å². The van der Waals surface area contributed by atoms with Crippen LogP contribution in [0.1, 0.15) is 27.0 Å². The van der Waals surface area contributed by atoms with E-state index < -0.39 is 0 Å². The van der Waals surface area contributed by atoms with E-state index in [1.54, 1.807) is 14.2 Å². The molecule has 6 nitrogen and oxygen atoms in total. The predicted molar refractivity (Wildman–Crippen MR) is 121 cm³/mol. The van der Waals surface area contributed by atoms with Crippen molar-refractivity contribution in [2.45, 2.75) is 20.0 Å². The Morgan fingerprint density at radius 1 is 1.03 bits per heavy atom. The Hall–Kier alpha value is -3.80. The molecule has 0 bridgehead atoms. The molecule has 1 aromatic heterocycles. The van der Waals surface area contributed by atoms with Gasteiger partial charge < -0.3 is 14.8 Å². The third-order valence-electron chi connectivity index (χ3n) is 5.28. The summed E-state index contributed by atoms with van der Waals surface area (Å²) in [5, 5.41) is 8.47. The summed E-state index contributed by atoms with van der Waals surface area (Å²) >= 11 is 0. The molecule has 6 heteroatoms. The van der Waals surface area contributed by atoms with E-state index in [0.717, 1.165) is 22.0 Å². The number of aryl methyl sites for hydroxylation is 1. The van der Waals surface area contributed by atoms with Crippen LogP contribution in [0.25, 0.3) is 10.9 Å². The summed E-state index contributed by atoms with van der Waals surface area (Å²) in [6.45, 7) is 3.05. The van der Waals surface area contributed by atoms with Crippen LogP contribution in [0.2, 0.25) is 0 Å². The second-order valence-corrected chi connectivity index (χ2v) is 7.40. The molecule has 0 aliphatic heterocycles. The number of methoxy groups -OCH3 is 2. The quantitative estimate of drug-likeness (QED) is 0.488. The SMILES string of the molecule is COc1cccc(CNC(=O)c2ccc3cnn(Cc4ccc(C)cc4)c3c2)c1OC. The first-order chi connectivity index (χ1) is 15.1. The van der Waals surface area contributed by atoms with Gasteiger partial charge in [-0.05, 0) is 30.7 Å². The number of benzene rings is 3. The molecule has 0 radical (unpaired) electrons. The van der Waals surface area contributed by atoms with Crippen molar-refractivity contribution in [2.75, 3.05) is 14.2 Å². The van der Waals surface area contributed by atoms with Crippen molar-refractivity contribution in [3.8, 4) is 11.5 Å². The van der Waals surface area contributed by atoms with Crippen LogP contribution in [0.15, 0.2) is 66.9 Å². The van der Waals surface area contributed by atoms with Crippen molar-refractivity contribution in [3.05, 3.63) is 89.1 Å². The zero-order valence-corrected chi connectivity index (χ0v) is 17.9. The van der Waals surface area contributed by atoms with Gasteiger partial charge in [-0.25, -0.2) is 0 Å². The lowest BCUT2D eigenvalue weighted by Crippen LogP contribution is -2.23. The summed E-state index contributed by atoms with van der Waals surface area (Å²) in [7, 11) is 3.18. The molecule has 0 aliphatic rings. The van der Waals surface area contributed by atoms with Crippen LogP contribution >= 0.6 is 0 Å². The van der Waals surface area contributed by atoms with Gasteiger partial charge in [0.2, 0.25) is 0 Å². The van der Waals surface area contributed by atoms with Gasteiger partial charge in [0, 0.05) is 23.1 Å². The molecule has 1 N–H and O–H groups in total. The molecule has 4 aromatic rings. The van der Waals surface area contributed by atoms with Crippen LogP contribution in [-0.4, -0.2) is 29.9 Å². The Kier molecular flexibility index (Phi) is 5.89. The molecule has 0 atom stereocenters. The Morgan fingerprint density at radius 3 is 2.58 bits per heavy atom.